The molecule has 0 fully saturated rings. The topological polar surface area (TPSA) is 79.8 Å². The van der Waals surface area contributed by atoms with Crippen molar-refractivity contribution in [2.75, 3.05) is 0 Å². The van der Waals surface area contributed by atoms with E-state index >= 15 is 0 Å². The molecule has 0 aliphatic carbocycles. The van der Waals surface area contributed by atoms with E-state index in [0.717, 1.165) is 6.07 Å². The summed E-state index contributed by atoms with van der Waals surface area (Å²) >= 11 is 2.74. The van der Waals surface area contributed by atoms with E-state index in [-0.39, 0.29) is 4.47 Å². The molecule has 1 aromatic rings. The number of nitrogens with zero attached hydrogens (tertiary/aromatic N) is 3. The van der Waals surface area contributed by atoms with Crippen molar-refractivity contribution in [2.45, 2.75) is 6.43 Å². The summed E-state index contributed by atoms with van der Waals surface area (Å²) in [6, 6.07) is 2.22. The Bertz CT molecular complexity index is 458. The average molecular weight is 278 g/mol. The molecular formula is C7H2BrF2N3O2. The monoisotopic (exact) mass is 277 g/mol. The maximum Gasteiger partial charge on any atom is 0.319 e. The van der Waals surface area contributed by atoms with Gasteiger partial charge in [0.1, 0.15) is 16.2 Å². The standard InChI is InChI=1S/C7H2BrF2N3O2/c8-3-1-4(7(9)10)12-5(2-11)6(3)13(14)15/h1,7H. The van der Waals surface area contributed by atoms with Gasteiger partial charge in [0, 0.05) is 0 Å². The minimum absolute atomic E-state index is 0.186. The molecule has 0 aromatic carbocycles. The lowest BCUT2D eigenvalue weighted by Gasteiger charge is -2.01. The largest absolute Gasteiger partial charge is 0.319 e. The number of halogens is 3. The number of nitriles is 1. The first-order chi connectivity index (χ1) is 6.97. The van der Waals surface area contributed by atoms with Crippen LogP contribution in [0.2, 0.25) is 0 Å². The summed E-state index contributed by atoms with van der Waals surface area (Å²) in [5.74, 6) is 0. The quantitative estimate of drug-likeness (QED) is 0.615. The molecule has 0 radical (unpaired) electrons. The van der Waals surface area contributed by atoms with Gasteiger partial charge in [-0.25, -0.2) is 13.8 Å². The van der Waals surface area contributed by atoms with Crippen LogP contribution in [0.4, 0.5) is 14.5 Å². The Hall–Kier alpha value is -1.62. The van der Waals surface area contributed by atoms with Gasteiger partial charge in [-0.3, -0.25) is 10.1 Å². The molecule has 0 saturated heterocycles. The van der Waals surface area contributed by atoms with Crippen LogP contribution in [-0.2, 0) is 0 Å². The zero-order valence-corrected chi connectivity index (χ0v) is 8.53. The molecular weight excluding hydrogens is 276 g/mol. The summed E-state index contributed by atoms with van der Waals surface area (Å²) in [5.41, 5.74) is -1.92. The minimum Gasteiger partial charge on any atom is -0.258 e. The van der Waals surface area contributed by atoms with Crippen LogP contribution in [-0.4, -0.2) is 9.91 Å². The molecule has 0 aliphatic rings. The molecule has 0 bridgehead atoms. The van der Waals surface area contributed by atoms with Crippen molar-refractivity contribution >= 4 is 21.6 Å². The number of rotatable bonds is 2. The Morgan fingerprint density at radius 2 is 2.27 bits per heavy atom. The highest BCUT2D eigenvalue weighted by molar-refractivity contribution is 9.10. The van der Waals surface area contributed by atoms with Gasteiger partial charge >= 0.3 is 5.69 Å². The van der Waals surface area contributed by atoms with E-state index in [2.05, 4.69) is 20.9 Å². The molecule has 78 valence electrons. The van der Waals surface area contributed by atoms with Gasteiger partial charge in [0.2, 0.25) is 5.69 Å². The van der Waals surface area contributed by atoms with Crippen LogP contribution in [0.5, 0.6) is 0 Å². The van der Waals surface area contributed by atoms with Crippen LogP contribution in [0.25, 0.3) is 0 Å². The van der Waals surface area contributed by atoms with Gasteiger partial charge in [0.05, 0.1) is 4.92 Å². The summed E-state index contributed by atoms with van der Waals surface area (Å²) in [5, 5.41) is 19.0. The molecule has 1 aromatic heterocycles. The lowest BCUT2D eigenvalue weighted by molar-refractivity contribution is -0.386. The SMILES string of the molecule is N#Cc1nc(C(F)F)cc(Br)c1[N+](=O)[O-]. The van der Waals surface area contributed by atoms with Crippen LogP contribution in [0.1, 0.15) is 17.8 Å². The third kappa shape index (κ3) is 2.24. The normalized spacial score (nSPS) is 10.1. The Labute approximate surface area is 90.6 Å². The molecule has 0 amide bonds. The summed E-state index contributed by atoms with van der Waals surface area (Å²) in [6.07, 6.45) is -2.88. The van der Waals surface area contributed by atoms with Gasteiger partial charge in [-0.05, 0) is 22.0 Å². The zero-order valence-electron chi connectivity index (χ0n) is 6.95. The van der Waals surface area contributed by atoms with Crippen molar-refractivity contribution in [1.82, 2.24) is 4.98 Å². The van der Waals surface area contributed by atoms with Crippen LogP contribution < -0.4 is 0 Å². The molecule has 0 saturated carbocycles. The van der Waals surface area contributed by atoms with Crippen molar-refractivity contribution in [3.63, 3.8) is 0 Å². The number of alkyl halides is 2. The fourth-order valence-corrected chi connectivity index (χ4v) is 1.46. The fourth-order valence-electron chi connectivity index (χ4n) is 0.889. The first-order valence-electron chi connectivity index (χ1n) is 3.50. The van der Waals surface area contributed by atoms with Gasteiger partial charge in [-0.1, -0.05) is 0 Å². The summed E-state index contributed by atoms with van der Waals surface area (Å²) in [4.78, 5) is 12.8. The maximum absolute atomic E-state index is 12.2. The van der Waals surface area contributed by atoms with Crippen LogP contribution in [0.3, 0.4) is 0 Å². The van der Waals surface area contributed by atoms with E-state index in [0.29, 0.717) is 0 Å². The molecule has 1 rings (SSSR count). The van der Waals surface area contributed by atoms with Crippen molar-refractivity contribution in [1.29, 1.82) is 5.26 Å². The predicted molar refractivity (Wildman–Crippen MR) is 48.3 cm³/mol. The van der Waals surface area contributed by atoms with Crippen LogP contribution >= 0.6 is 15.9 Å². The number of nitro groups is 1. The first kappa shape index (κ1) is 11.5. The second-order valence-electron chi connectivity index (χ2n) is 2.40. The number of hydrogen-bond acceptors (Lipinski definition) is 4. The molecule has 0 unspecified atom stereocenters. The number of hydrogen-bond donors (Lipinski definition) is 0. The van der Waals surface area contributed by atoms with E-state index < -0.39 is 28.4 Å². The second kappa shape index (κ2) is 4.27. The van der Waals surface area contributed by atoms with E-state index in [1.165, 1.54) is 6.07 Å². The van der Waals surface area contributed by atoms with Crippen molar-refractivity contribution in [3.8, 4) is 6.07 Å². The Balaban J connectivity index is 3.46. The van der Waals surface area contributed by atoms with Gasteiger partial charge in [0.15, 0.2) is 0 Å². The van der Waals surface area contributed by atoms with Crippen molar-refractivity contribution in [2.24, 2.45) is 0 Å². The molecule has 15 heavy (non-hydrogen) atoms. The van der Waals surface area contributed by atoms with E-state index in [1.807, 2.05) is 0 Å². The van der Waals surface area contributed by atoms with Crippen molar-refractivity contribution in [3.05, 3.63) is 32.0 Å². The predicted octanol–water partition coefficient (Wildman–Crippen LogP) is 2.56. The highest BCUT2D eigenvalue weighted by atomic mass is 79.9. The van der Waals surface area contributed by atoms with Crippen LogP contribution in [0, 0.1) is 21.4 Å². The summed E-state index contributed by atoms with van der Waals surface area (Å²) < 4.78 is 24.3. The smallest absolute Gasteiger partial charge is 0.258 e. The molecule has 0 aliphatic heterocycles. The van der Waals surface area contributed by atoms with Gasteiger partial charge in [-0.2, -0.15) is 5.26 Å². The second-order valence-corrected chi connectivity index (χ2v) is 3.25. The van der Waals surface area contributed by atoms with Gasteiger partial charge in [-0.15, -0.1) is 0 Å². The molecule has 0 atom stereocenters. The molecule has 0 spiro atoms. The van der Waals surface area contributed by atoms with Crippen molar-refractivity contribution < 1.29 is 13.7 Å². The summed E-state index contributed by atoms with van der Waals surface area (Å²) in [7, 11) is 0. The van der Waals surface area contributed by atoms with Gasteiger partial charge in [0.25, 0.3) is 6.43 Å². The van der Waals surface area contributed by atoms with Crippen LogP contribution in [0.15, 0.2) is 10.5 Å². The lowest BCUT2D eigenvalue weighted by atomic mass is 10.2. The molecule has 1 heterocycles. The molecule has 0 N–H and O–H groups in total. The third-order valence-electron chi connectivity index (χ3n) is 1.48. The van der Waals surface area contributed by atoms with E-state index in [4.69, 9.17) is 5.26 Å². The first-order valence-corrected chi connectivity index (χ1v) is 4.29. The number of aromatic nitrogens is 1. The Morgan fingerprint density at radius 3 is 2.67 bits per heavy atom. The van der Waals surface area contributed by atoms with E-state index in [9.17, 15) is 18.9 Å². The zero-order chi connectivity index (χ0) is 11.6. The Morgan fingerprint density at radius 1 is 1.67 bits per heavy atom. The lowest BCUT2D eigenvalue weighted by Crippen LogP contribution is -2.00. The average Bonchev–Trinajstić information content (AvgIpc) is 2.15. The minimum atomic E-state index is -2.88. The third-order valence-corrected chi connectivity index (χ3v) is 2.08. The maximum atomic E-state index is 12.2. The Kier molecular flexibility index (Phi) is 3.26. The highest BCUT2D eigenvalue weighted by Crippen LogP contribution is 2.30. The highest BCUT2D eigenvalue weighted by Gasteiger charge is 2.23. The summed E-state index contributed by atoms with van der Waals surface area (Å²) in [6.45, 7) is 0. The molecule has 5 nitrogen and oxygen atoms in total. The van der Waals surface area contributed by atoms with Gasteiger partial charge < -0.3 is 0 Å². The van der Waals surface area contributed by atoms with E-state index in [1.54, 1.807) is 0 Å². The fraction of sp³-hybridized carbons (Fsp3) is 0.143. The number of pyridine rings is 1. The molecule has 8 heteroatoms.